The van der Waals surface area contributed by atoms with Gasteiger partial charge in [-0.1, -0.05) is 30.3 Å². The van der Waals surface area contributed by atoms with Gasteiger partial charge in [0.15, 0.2) is 5.01 Å². The number of Topliss-reactive ketones (excluding diaryl/α,β-unsaturated/α-hetero) is 1. The maximum Gasteiger partial charge on any atom is 0.268 e. The van der Waals surface area contributed by atoms with Crippen LogP contribution < -0.4 is 16.0 Å². The van der Waals surface area contributed by atoms with E-state index >= 15 is 0 Å². The average Bonchev–Trinajstić information content (AvgIpc) is 3.61. The Labute approximate surface area is 210 Å². The predicted octanol–water partition coefficient (Wildman–Crippen LogP) is 2.79. The molecular formula is C26H25N5O4S. The second kappa shape index (κ2) is 9.90. The fraction of sp³-hybridized carbons (Fsp3) is 0.269. The fourth-order valence-electron chi connectivity index (χ4n) is 4.34. The van der Waals surface area contributed by atoms with Crippen molar-refractivity contribution >= 4 is 56.0 Å². The second-order valence-electron chi connectivity index (χ2n) is 8.89. The number of hydrogen-bond donors (Lipinski definition) is 4. The van der Waals surface area contributed by atoms with E-state index in [0.29, 0.717) is 24.2 Å². The van der Waals surface area contributed by atoms with Gasteiger partial charge in [-0.3, -0.25) is 19.2 Å². The molecule has 0 aliphatic carbocycles. The van der Waals surface area contributed by atoms with Crippen LogP contribution in [0.1, 0.15) is 40.1 Å². The van der Waals surface area contributed by atoms with Crippen molar-refractivity contribution < 1.29 is 19.2 Å². The number of H-pyrrole nitrogens is 1. The molecule has 1 fully saturated rings. The SMILES string of the molecule is C[C@H](NC(=O)c1cc2ccccc2[nH]1)C(=O)N[C@@H](C[C@@H]1CCNC1=O)C(=O)c1nc2ccccc2s1. The number of carbonyl (C=O) groups is 4. The minimum atomic E-state index is -0.945. The summed E-state index contributed by atoms with van der Waals surface area (Å²) in [5, 5.41) is 9.37. The molecule has 1 aliphatic rings. The molecule has 0 spiro atoms. The molecule has 2 aromatic heterocycles. The summed E-state index contributed by atoms with van der Waals surface area (Å²) in [6.07, 6.45) is 0.750. The summed E-state index contributed by atoms with van der Waals surface area (Å²) in [6, 6.07) is 14.8. The lowest BCUT2D eigenvalue weighted by Gasteiger charge is -2.21. The van der Waals surface area contributed by atoms with E-state index < -0.39 is 23.9 Å². The smallest absolute Gasteiger partial charge is 0.268 e. The van der Waals surface area contributed by atoms with Crippen molar-refractivity contribution in [3.8, 4) is 0 Å². The van der Waals surface area contributed by atoms with Gasteiger partial charge in [0, 0.05) is 23.4 Å². The molecule has 0 saturated carbocycles. The van der Waals surface area contributed by atoms with Gasteiger partial charge < -0.3 is 20.9 Å². The monoisotopic (exact) mass is 503 g/mol. The van der Waals surface area contributed by atoms with Gasteiger partial charge in [-0.05, 0) is 44.0 Å². The molecule has 4 N–H and O–H groups in total. The summed E-state index contributed by atoms with van der Waals surface area (Å²) in [5.41, 5.74) is 1.85. The Bertz CT molecular complexity index is 1410. The molecule has 1 aliphatic heterocycles. The topological polar surface area (TPSA) is 133 Å². The van der Waals surface area contributed by atoms with Gasteiger partial charge in [0.25, 0.3) is 5.91 Å². The first kappa shape index (κ1) is 23.7. The van der Waals surface area contributed by atoms with Gasteiger partial charge in [-0.25, -0.2) is 4.98 Å². The number of para-hydroxylation sites is 2. The third-order valence-electron chi connectivity index (χ3n) is 6.34. The predicted molar refractivity (Wildman–Crippen MR) is 137 cm³/mol. The molecule has 1 saturated heterocycles. The minimum absolute atomic E-state index is 0.133. The van der Waals surface area contributed by atoms with Gasteiger partial charge in [0.2, 0.25) is 17.6 Å². The number of benzene rings is 2. The van der Waals surface area contributed by atoms with Crippen molar-refractivity contribution in [1.82, 2.24) is 25.9 Å². The summed E-state index contributed by atoms with van der Waals surface area (Å²) < 4.78 is 0.864. The molecule has 10 heteroatoms. The van der Waals surface area contributed by atoms with Crippen LogP contribution in [0.15, 0.2) is 54.6 Å². The first-order chi connectivity index (χ1) is 17.4. The third kappa shape index (κ3) is 4.85. The molecule has 3 atom stereocenters. The highest BCUT2D eigenvalue weighted by Gasteiger charge is 2.34. The van der Waals surface area contributed by atoms with Crippen LogP contribution in [0.25, 0.3) is 21.1 Å². The fourth-order valence-corrected chi connectivity index (χ4v) is 5.30. The van der Waals surface area contributed by atoms with E-state index in [1.807, 2.05) is 48.5 Å². The van der Waals surface area contributed by atoms with Crippen molar-refractivity contribution in [3.63, 3.8) is 0 Å². The maximum atomic E-state index is 13.4. The number of carbonyl (C=O) groups excluding carboxylic acids is 4. The van der Waals surface area contributed by atoms with Crippen molar-refractivity contribution in [2.24, 2.45) is 5.92 Å². The molecule has 9 nitrogen and oxygen atoms in total. The van der Waals surface area contributed by atoms with Gasteiger partial charge in [0.05, 0.1) is 16.3 Å². The third-order valence-corrected chi connectivity index (χ3v) is 7.39. The van der Waals surface area contributed by atoms with Gasteiger partial charge in [-0.2, -0.15) is 0 Å². The normalized spacial score (nSPS) is 17.0. The maximum absolute atomic E-state index is 13.4. The second-order valence-corrected chi connectivity index (χ2v) is 9.92. The molecule has 4 aromatic rings. The number of amides is 3. The number of nitrogens with zero attached hydrogens (tertiary/aromatic N) is 1. The first-order valence-electron chi connectivity index (χ1n) is 11.8. The molecule has 0 unspecified atom stereocenters. The quantitative estimate of drug-likeness (QED) is 0.275. The van der Waals surface area contributed by atoms with Gasteiger partial charge in [-0.15, -0.1) is 11.3 Å². The number of aromatic amines is 1. The van der Waals surface area contributed by atoms with Crippen molar-refractivity contribution in [2.45, 2.75) is 31.8 Å². The van der Waals surface area contributed by atoms with E-state index in [2.05, 4.69) is 25.9 Å². The molecule has 3 amide bonds. The molecule has 2 aromatic carbocycles. The zero-order valence-corrected chi connectivity index (χ0v) is 20.4. The largest absolute Gasteiger partial charge is 0.356 e. The van der Waals surface area contributed by atoms with Gasteiger partial charge >= 0.3 is 0 Å². The van der Waals surface area contributed by atoms with Crippen molar-refractivity contribution in [2.75, 3.05) is 6.54 Å². The molecule has 5 rings (SSSR count). The van der Waals surface area contributed by atoms with E-state index in [1.165, 1.54) is 11.3 Å². The number of ketones is 1. The molecule has 0 radical (unpaired) electrons. The molecular weight excluding hydrogens is 478 g/mol. The van der Waals surface area contributed by atoms with Crippen LogP contribution in [0, 0.1) is 5.92 Å². The van der Waals surface area contributed by atoms with Gasteiger partial charge in [0.1, 0.15) is 11.7 Å². The molecule has 36 heavy (non-hydrogen) atoms. The summed E-state index contributed by atoms with van der Waals surface area (Å²) in [5.74, 6) is -1.81. The van der Waals surface area contributed by atoms with Crippen LogP contribution in [-0.4, -0.2) is 52.1 Å². The standard InChI is InChI=1S/C26H25N5O4S/c1-14(28-25(35)20-12-15-6-2-3-7-17(15)29-20)23(33)30-19(13-16-10-11-27-24(16)34)22(32)26-31-18-8-4-5-9-21(18)36-26/h2-9,12,14,16,19,29H,10-11,13H2,1H3,(H,27,34)(H,28,35)(H,30,33)/t14-,16-,19-/m0/s1. The van der Waals surface area contributed by atoms with Crippen LogP contribution in [-0.2, 0) is 9.59 Å². The van der Waals surface area contributed by atoms with Crippen LogP contribution in [0.5, 0.6) is 0 Å². The van der Waals surface area contributed by atoms with E-state index in [4.69, 9.17) is 0 Å². The first-order valence-corrected chi connectivity index (χ1v) is 12.6. The molecule has 0 bridgehead atoms. The highest BCUT2D eigenvalue weighted by atomic mass is 32.1. The van der Waals surface area contributed by atoms with E-state index in [0.717, 1.165) is 15.6 Å². The lowest BCUT2D eigenvalue weighted by molar-refractivity contribution is -0.125. The summed E-state index contributed by atoms with van der Waals surface area (Å²) in [6.45, 7) is 2.09. The Morgan fingerprint density at radius 1 is 1.11 bits per heavy atom. The number of aromatic nitrogens is 2. The summed E-state index contributed by atoms with van der Waals surface area (Å²) >= 11 is 1.25. The Morgan fingerprint density at radius 2 is 1.89 bits per heavy atom. The van der Waals surface area contributed by atoms with Crippen LogP contribution >= 0.6 is 11.3 Å². The number of nitrogens with one attached hydrogen (secondary N) is 4. The highest BCUT2D eigenvalue weighted by molar-refractivity contribution is 7.20. The number of rotatable bonds is 8. The molecule has 184 valence electrons. The van der Waals surface area contributed by atoms with Crippen LogP contribution in [0.3, 0.4) is 0 Å². The zero-order valence-electron chi connectivity index (χ0n) is 19.5. The van der Waals surface area contributed by atoms with Crippen molar-refractivity contribution in [3.05, 3.63) is 65.3 Å². The molecule has 3 heterocycles. The minimum Gasteiger partial charge on any atom is -0.356 e. The van der Waals surface area contributed by atoms with Crippen LogP contribution in [0.4, 0.5) is 0 Å². The average molecular weight is 504 g/mol. The Morgan fingerprint density at radius 3 is 2.64 bits per heavy atom. The van der Waals surface area contributed by atoms with Crippen LogP contribution in [0.2, 0.25) is 0 Å². The zero-order chi connectivity index (χ0) is 25.2. The van der Waals surface area contributed by atoms with E-state index in [-0.39, 0.29) is 29.0 Å². The number of hydrogen-bond acceptors (Lipinski definition) is 6. The van der Waals surface area contributed by atoms with E-state index in [9.17, 15) is 19.2 Å². The highest BCUT2D eigenvalue weighted by Crippen LogP contribution is 2.25. The summed E-state index contributed by atoms with van der Waals surface area (Å²) in [7, 11) is 0. The van der Waals surface area contributed by atoms with E-state index in [1.54, 1.807) is 13.0 Å². The number of fused-ring (bicyclic) bond motifs is 2. The van der Waals surface area contributed by atoms with Crippen molar-refractivity contribution in [1.29, 1.82) is 0 Å². The number of thiazole rings is 1. The lowest BCUT2D eigenvalue weighted by atomic mass is 9.95. The summed E-state index contributed by atoms with van der Waals surface area (Å²) in [4.78, 5) is 58.9. The Kier molecular flexibility index (Phi) is 6.51. The Balaban J connectivity index is 1.31. The lowest BCUT2D eigenvalue weighted by Crippen LogP contribution is -2.51. The Hall–Kier alpha value is -4.05.